The van der Waals surface area contributed by atoms with E-state index in [1.54, 1.807) is 0 Å². The quantitative estimate of drug-likeness (QED) is 0.811. The van der Waals surface area contributed by atoms with Crippen LogP contribution < -0.4 is 14.8 Å². The van der Waals surface area contributed by atoms with Gasteiger partial charge in [0.2, 0.25) is 6.79 Å². The number of halogens is 1. The Hall–Kier alpha value is -0.780. The van der Waals surface area contributed by atoms with Gasteiger partial charge >= 0.3 is 0 Å². The fourth-order valence-electron chi connectivity index (χ4n) is 3.17. The van der Waals surface area contributed by atoms with Crippen LogP contribution >= 0.6 is 15.9 Å². The number of fused-ring (bicyclic) bond motifs is 1. The maximum absolute atomic E-state index is 9.77. The highest BCUT2D eigenvalue weighted by atomic mass is 79.9. The van der Waals surface area contributed by atoms with Crippen molar-refractivity contribution in [2.45, 2.75) is 50.6 Å². The first-order valence-corrected chi connectivity index (χ1v) is 8.53. The highest BCUT2D eigenvalue weighted by molar-refractivity contribution is 9.10. The van der Waals surface area contributed by atoms with Crippen molar-refractivity contribution in [2.75, 3.05) is 13.4 Å². The molecule has 0 saturated heterocycles. The van der Waals surface area contributed by atoms with Crippen molar-refractivity contribution in [2.24, 2.45) is 0 Å². The lowest BCUT2D eigenvalue weighted by atomic mass is 10.0. The molecule has 1 aromatic carbocycles. The van der Waals surface area contributed by atoms with Gasteiger partial charge in [0.25, 0.3) is 0 Å². The van der Waals surface area contributed by atoms with Gasteiger partial charge < -0.3 is 19.9 Å². The number of rotatable bonds is 4. The van der Waals surface area contributed by atoms with Crippen LogP contribution in [0.4, 0.5) is 0 Å². The SMILES string of the molecule is OCC(NC1CCCCCC1)c1cc(Br)c2c(c1)OCO2. The largest absolute Gasteiger partial charge is 0.454 e. The zero-order valence-corrected chi connectivity index (χ0v) is 13.7. The Morgan fingerprint density at radius 3 is 2.67 bits per heavy atom. The highest BCUT2D eigenvalue weighted by Crippen LogP contribution is 2.41. The molecule has 1 aliphatic carbocycles. The minimum absolute atomic E-state index is 0.0566. The smallest absolute Gasteiger partial charge is 0.231 e. The molecule has 0 aromatic heterocycles. The first kappa shape index (κ1) is 15.1. The third-order valence-electron chi connectivity index (χ3n) is 4.33. The first-order valence-electron chi connectivity index (χ1n) is 7.74. The molecule has 0 radical (unpaired) electrons. The summed E-state index contributed by atoms with van der Waals surface area (Å²) in [6, 6.07) is 4.42. The molecule has 1 unspecified atom stereocenters. The topological polar surface area (TPSA) is 50.7 Å². The molecule has 1 aliphatic heterocycles. The van der Waals surface area contributed by atoms with Crippen molar-refractivity contribution in [3.05, 3.63) is 22.2 Å². The molecule has 1 aromatic rings. The number of aliphatic hydroxyl groups is 1. The lowest BCUT2D eigenvalue weighted by Crippen LogP contribution is -2.34. The molecule has 5 heteroatoms. The molecule has 4 nitrogen and oxygen atoms in total. The summed E-state index contributed by atoms with van der Waals surface area (Å²) in [5.41, 5.74) is 1.04. The molecule has 0 spiro atoms. The molecule has 0 amide bonds. The Labute approximate surface area is 134 Å². The van der Waals surface area contributed by atoms with E-state index in [1.807, 2.05) is 12.1 Å². The van der Waals surface area contributed by atoms with Crippen molar-refractivity contribution in [3.8, 4) is 11.5 Å². The summed E-state index contributed by atoms with van der Waals surface area (Å²) in [4.78, 5) is 0. The minimum Gasteiger partial charge on any atom is -0.454 e. The van der Waals surface area contributed by atoms with E-state index in [1.165, 1.54) is 38.5 Å². The van der Waals surface area contributed by atoms with Crippen molar-refractivity contribution < 1.29 is 14.6 Å². The zero-order chi connectivity index (χ0) is 14.7. The number of hydrogen-bond donors (Lipinski definition) is 2. The summed E-state index contributed by atoms with van der Waals surface area (Å²) in [5, 5.41) is 13.4. The molecule has 3 rings (SSSR count). The molecule has 1 atom stereocenters. The van der Waals surface area contributed by atoms with Crippen LogP contribution in [0.25, 0.3) is 0 Å². The lowest BCUT2D eigenvalue weighted by molar-refractivity contribution is 0.173. The number of ether oxygens (including phenoxy) is 2. The molecule has 2 N–H and O–H groups in total. The van der Waals surface area contributed by atoms with Gasteiger partial charge in [0.05, 0.1) is 17.1 Å². The number of hydrogen-bond acceptors (Lipinski definition) is 4. The Morgan fingerprint density at radius 2 is 1.95 bits per heavy atom. The predicted octanol–water partition coefficient (Wildman–Crippen LogP) is 3.52. The highest BCUT2D eigenvalue weighted by Gasteiger charge is 2.23. The van der Waals surface area contributed by atoms with Crippen molar-refractivity contribution >= 4 is 15.9 Å². The van der Waals surface area contributed by atoms with Gasteiger partial charge in [-0.25, -0.2) is 0 Å². The fraction of sp³-hybridized carbons (Fsp3) is 0.625. The summed E-state index contributed by atoms with van der Waals surface area (Å²) in [7, 11) is 0. The van der Waals surface area contributed by atoms with Gasteiger partial charge in [-0.1, -0.05) is 25.7 Å². The van der Waals surface area contributed by atoms with Crippen LogP contribution in [0.5, 0.6) is 11.5 Å². The van der Waals surface area contributed by atoms with E-state index < -0.39 is 0 Å². The number of nitrogens with one attached hydrogen (secondary N) is 1. The second kappa shape index (κ2) is 6.99. The Balaban J connectivity index is 1.75. The summed E-state index contributed by atoms with van der Waals surface area (Å²) >= 11 is 3.52. The molecule has 0 bridgehead atoms. The van der Waals surface area contributed by atoms with Crippen LogP contribution in [0.15, 0.2) is 16.6 Å². The maximum Gasteiger partial charge on any atom is 0.231 e. The van der Waals surface area contributed by atoms with Gasteiger partial charge in [0.15, 0.2) is 11.5 Å². The molecule has 21 heavy (non-hydrogen) atoms. The van der Waals surface area contributed by atoms with E-state index >= 15 is 0 Å². The van der Waals surface area contributed by atoms with Crippen LogP contribution in [0.1, 0.15) is 50.1 Å². The van der Waals surface area contributed by atoms with Gasteiger partial charge in [-0.2, -0.15) is 0 Å². The van der Waals surface area contributed by atoms with E-state index in [-0.39, 0.29) is 19.4 Å². The van der Waals surface area contributed by atoms with E-state index in [4.69, 9.17) is 9.47 Å². The van der Waals surface area contributed by atoms with Crippen LogP contribution in [-0.4, -0.2) is 24.5 Å². The third kappa shape index (κ3) is 3.52. The first-order chi connectivity index (χ1) is 10.3. The summed E-state index contributed by atoms with van der Waals surface area (Å²) in [6.45, 7) is 0.347. The van der Waals surface area contributed by atoms with Crippen molar-refractivity contribution in [1.29, 1.82) is 0 Å². The van der Waals surface area contributed by atoms with Gasteiger partial charge in [-0.05, 0) is 46.5 Å². The van der Waals surface area contributed by atoms with Crippen LogP contribution in [0.2, 0.25) is 0 Å². The summed E-state index contributed by atoms with van der Waals surface area (Å²) < 4.78 is 11.8. The summed E-state index contributed by atoms with van der Waals surface area (Å²) in [6.07, 6.45) is 7.61. The van der Waals surface area contributed by atoms with Crippen LogP contribution in [0, 0.1) is 0 Å². The van der Waals surface area contributed by atoms with Crippen LogP contribution in [0.3, 0.4) is 0 Å². The second-order valence-corrected chi connectivity index (χ2v) is 6.68. The average Bonchev–Trinajstić information content (AvgIpc) is 2.82. The number of benzene rings is 1. The fourth-order valence-corrected chi connectivity index (χ4v) is 3.75. The molecule has 1 fully saturated rings. The van der Waals surface area contributed by atoms with Gasteiger partial charge in [-0.3, -0.25) is 0 Å². The Kier molecular flexibility index (Phi) is 5.03. The monoisotopic (exact) mass is 355 g/mol. The third-order valence-corrected chi connectivity index (χ3v) is 4.92. The summed E-state index contributed by atoms with van der Waals surface area (Å²) in [5.74, 6) is 1.50. The second-order valence-electron chi connectivity index (χ2n) is 5.83. The maximum atomic E-state index is 9.77. The lowest BCUT2D eigenvalue weighted by Gasteiger charge is -2.24. The van der Waals surface area contributed by atoms with Gasteiger partial charge in [0.1, 0.15) is 0 Å². The molecule has 1 saturated carbocycles. The van der Waals surface area contributed by atoms with Crippen LogP contribution in [-0.2, 0) is 0 Å². The van der Waals surface area contributed by atoms with Crippen molar-refractivity contribution in [1.82, 2.24) is 5.32 Å². The number of aliphatic hydroxyl groups excluding tert-OH is 1. The zero-order valence-electron chi connectivity index (χ0n) is 12.1. The normalized spacial score (nSPS) is 20.3. The van der Waals surface area contributed by atoms with Crippen molar-refractivity contribution in [3.63, 3.8) is 0 Å². The van der Waals surface area contributed by atoms with E-state index in [0.717, 1.165) is 21.5 Å². The molecule has 2 aliphatic rings. The molecule has 116 valence electrons. The van der Waals surface area contributed by atoms with E-state index in [2.05, 4.69) is 21.2 Å². The van der Waals surface area contributed by atoms with Gasteiger partial charge in [-0.15, -0.1) is 0 Å². The molecule has 1 heterocycles. The predicted molar refractivity (Wildman–Crippen MR) is 84.7 cm³/mol. The van der Waals surface area contributed by atoms with E-state index in [0.29, 0.717) is 6.04 Å². The van der Waals surface area contributed by atoms with E-state index in [9.17, 15) is 5.11 Å². The minimum atomic E-state index is -0.0566. The average molecular weight is 356 g/mol. The molecular formula is C16H22BrNO3. The molecular weight excluding hydrogens is 334 g/mol. The Morgan fingerprint density at radius 1 is 1.19 bits per heavy atom. The standard InChI is InChI=1S/C16H22BrNO3/c17-13-7-11(8-15-16(13)21-10-20-15)14(9-19)18-12-5-3-1-2-4-6-12/h7-8,12,14,18-19H,1-6,9-10H2. The van der Waals surface area contributed by atoms with Gasteiger partial charge in [0, 0.05) is 6.04 Å². The Bertz CT molecular complexity index is 487.